The van der Waals surface area contributed by atoms with Crippen LogP contribution in [0.1, 0.15) is 67.3 Å². The van der Waals surface area contributed by atoms with Crippen LogP contribution in [0.2, 0.25) is 0 Å². The first-order chi connectivity index (χ1) is 20.4. The fraction of sp³-hybridized carbons (Fsp3) is 0.270. The summed E-state index contributed by atoms with van der Waals surface area (Å²) in [6.45, 7) is 4.80. The third-order valence-electron chi connectivity index (χ3n) is 7.84. The standard InChI is InChI=1S/C37H39NO3S/c1-3-7-26-12-18-29(19-13-26)37(42,30-20-14-27(8-4-2)15-21-30)33-9-5-10-34-32(33)25-35(38-34)28-16-22-31(23-17-28)41-24-6-11-36(39)40/h5,9-10,12-23,25,38,42H,3-4,6-8,11,24H2,1-2H3,(H,39,40). The molecule has 42 heavy (non-hydrogen) atoms. The SMILES string of the molecule is CCCc1ccc(C(S)(c2ccc(CCC)cc2)c2cccc3[nH]c(-c4ccc(OCCCC(=O)O)cc4)cc23)cc1. The van der Waals surface area contributed by atoms with E-state index >= 15 is 0 Å². The second-order valence-corrected chi connectivity index (χ2v) is 11.6. The fourth-order valence-corrected chi connectivity index (χ4v) is 6.14. The quantitative estimate of drug-likeness (QED) is 0.0743. The smallest absolute Gasteiger partial charge is 0.303 e. The first-order valence-electron chi connectivity index (χ1n) is 14.9. The maximum absolute atomic E-state index is 10.7. The second-order valence-electron chi connectivity index (χ2n) is 10.9. The lowest BCUT2D eigenvalue weighted by Gasteiger charge is -2.32. The number of H-pyrrole nitrogens is 1. The van der Waals surface area contributed by atoms with Crippen molar-refractivity contribution < 1.29 is 14.6 Å². The van der Waals surface area contributed by atoms with E-state index in [1.165, 1.54) is 11.1 Å². The number of ether oxygens (including phenoxy) is 1. The van der Waals surface area contributed by atoms with Gasteiger partial charge < -0.3 is 14.8 Å². The molecule has 1 heterocycles. The van der Waals surface area contributed by atoms with Crippen LogP contribution in [-0.2, 0) is 22.4 Å². The Morgan fingerprint density at radius 2 is 1.43 bits per heavy atom. The van der Waals surface area contributed by atoms with E-state index in [4.69, 9.17) is 22.5 Å². The Labute approximate surface area is 254 Å². The molecule has 5 rings (SSSR count). The summed E-state index contributed by atoms with van der Waals surface area (Å²) in [5.74, 6) is -0.0762. The van der Waals surface area contributed by atoms with Crippen LogP contribution in [0.4, 0.5) is 0 Å². The predicted molar refractivity (Wildman–Crippen MR) is 176 cm³/mol. The molecule has 216 valence electrons. The maximum atomic E-state index is 10.7. The van der Waals surface area contributed by atoms with Gasteiger partial charge in [-0.15, -0.1) is 0 Å². The van der Waals surface area contributed by atoms with E-state index in [9.17, 15) is 4.79 Å². The van der Waals surface area contributed by atoms with Crippen molar-refractivity contribution in [3.05, 3.63) is 125 Å². The van der Waals surface area contributed by atoms with Gasteiger partial charge in [0.1, 0.15) is 5.75 Å². The van der Waals surface area contributed by atoms with Gasteiger partial charge in [0, 0.05) is 23.0 Å². The van der Waals surface area contributed by atoms with Crippen LogP contribution in [0, 0.1) is 0 Å². The van der Waals surface area contributed by atoms with Crippen LogP contribution in [0.15, 0.2) is 97.1 Å². The Morgan fingerprint density at radius 1 is 0.833 bits per heavy atom. The summed E-state index contributed by atoms with van der Waals surface area (Å²) in [6, 6.07) is 34.5. The average molecular weight is 578 g/mol. The van der Waals surface area contributed by atoms with Gasteiger partial charge in [-0.25, -0.2) is 0 Å². The van der Waals surface area contributed by atoms with E-state index in [2.05, 4.69) is 91.6 Å². The van der Waals surface area contributed by atoms with Crippen molar-refractivity contribution in [2.24, 2.45) is 0 Å². The van der Waals surface area contributed by atoms with Crippen molar-refractivity contribution in [3.63, 3.8) is 0 Å². The summed E-state index contributed by atoms with van der Waals surface area (Å²) in [4.78, 5) is 14.4. The Kier molecular flexibility index (Phi) is 9.38. The van der Waals surface area contributed by atoms with Crippen LogP contribution >= 0.6 is 12.6 Å². The number of rotatable bonds is 13. The number of carbonyl (C=O) groups is 1. The van der Waals surface area contributed by atoms with E-state index in [1.54, 1.807) is 0 Å². The van der Waals surface area contributed by atoms with Gasteiger partial charge in [0.25, 0.3) is 0 Å². The maximum Gasteiger partial charge on any atom is 0.303 e. The van der Waals surface area contributed by atoms with Crippen molar-refractivity contribution in [3.8, 4) is 17.0 Å². The molecule has 0 bridgehead atoms. The van der Waals surface area contributed by atoms with E-state index in [0.717, 1.165) is 70.3 Å². The molecule has 5 aromatic rings. The van der Waals surface area contributed by atoms with Gasteiger partial charge >= 0.3 is 5.97 Å². The zero-order valence-electron chi connectivity index (χ0n) is 24.4. The molecule has 0 saturated carbocycles. The Hall–Kier alpha value is -3.96. The number of nitrogens with one attached hydrogen (secondary N) is 1. The van der Waals surface area contributed by atoms with Gasteiger partial charge in [-0.2, -0.15) is 12.6 Å². The van der Waals surface area contributed by atoms with Crippen LogP contribution in [0.5, 0.6) is 5.75 Å². The van der Waals surface area contributed by atoms with Crippen molar-refractivity contribution >= 4 is 29.5 Å². The summed E-state index contributed by atoms with van der Waals surface area (Å²) >= 11 is 5.53. The Morgan fingerprint density at radius 3 is 1.98 bits per heavy atom. The molecule has 0 aliphatic carbocycles. The lowest BCUT2D eigenvalue weighted by Crippen LogP contribution is -2.23. The van der Waals surface area contributed by atoms with E-state index in [0.29, 0.717) is 13.0 Å². The van der Waals surface area contributed by atoms with Gasteiger partial charge in [-0.3, -0.25) is 4.79 Å². The number of aromatic nitrogens is 1. The highest BCUT2D eigenvalue weighted by Crippen LogP contribution is 2.46. The molecule has 0 atom stereocenters. The van der Waals surface area contributed by atoms with E-state index in [1.807, 2.05) is 24.3 Å². The number of benzene rings is 4. The number of carboxylic acids is 1. The number of fused-ring (bicyclic) bond motifs is 1. The molecule has 4 nitrogen and oxygen atoms in total. The predicted octanol–water partition coefficient (Wildman–Crippen LogP) is 9.21. The highest BCUT2D eigenvalue weighted by Gasteiger charge is 2.34. The van der Waals surface area contributed by atoms with Gasteiger partial charge in [0.2, 0.25) is 0 Å². The molecule has 0 aliphatic heterocycles. The van der Waals surface area contributed by atoms with E-state index < -0.39 is 10.7 Å². The van der Waals surface area contributed by atoms with Gasteiger partial charge in [0.05, 0.1) is 11.4 Å². The number of aliphatic carboxylic acids is 1. The summed E-state index contributed by atoms with van der Waals surface area (Å²) in [6.07, 6.45) is 4.95. The van der Waals surface area contributed by atoms with Crippen molar-refractivity contribution in [1.82, 2.24) is 4.98 Å². The number of hydrogen-bond donors (Lipinski definition) is 3. The lowest BCUT2D eigenvalue weighted by molar-refractivity contribution is -0.137. The molecule has 0 fully saturated rings. The lowest BCUT2D eigenvalue weighted by atomic mass is 9.81. The van der Waals surface area contributed by atoms with Crippen molar-refractivity contribution in [2.45, 2.75) is 57.1 Å². The third-order valence-corrected chi connectivity index (χ3v) is 8.60. The van der Waals surface area contributed by atoms with E-state index in [-0.39, 0.29) is 6.42 Å². The van der Waals surface area contributed by atoms with Gasteiger partial charge in [-0.1, -0.05) is 87.4 Å². The molecule has 4 aromatic carbocycles. The third kappa shape index (κ3) is 6.42. The zero-order chi connectivity index (χ0) is 29.5. The molecular formula is C37H39NO3S. The second kappa shape index (κ2) is 13.3. The minimum Gasteiger partial charge on any atom is -0.494 e. The molecule has 0 aliphatic rings. The highest BCUT2D eigenvalue weighted by atomic mass is 32.1. The molecule has 0 saturated heterocycles. The van der Waals surface area contributed by atoms with Crippen LogP contribution in [-0.4, -0.2) is 22.7 Å². The van der Waals surface area contributed by atoms with Crippen molar-refractivity contribution in [2.75, 3.05) is 6.61 Å². The zero-order valence-corrected chi connectivity index (χ0v) is 25.3. The Balaban J connectivity index is 1.53. The van der Waals surface area contributed by atoms with Gasteiger partial charge in [-0.05, 0) is 89.0 Å². The number of aromatic amines is 1. The summed E-state index contributed by atoms with van der Waals surface area (Å²) in [5.41, 5.74) is 9.23. The largest absolute Gasteiger partial charge is 0.494 e. The molecule has 0 radical (unpaired) electrons. The molecule has 0 amide bonds. The van der Waals surface area contributed by atoms with Crippen LogP contribution in [0.25, 0.3) is 22.2 Å². The molecule has 0 unspecified atom stereocenters. The normalized spacial score (nSPS) is 11.6. The van der Waals surface area contributed by atoms with Crippen LogP contribution in [0.3, 0.4) is 0 Å². The number of aryl methyl sites for hydroxylation is 2. The molecular weight excluding hydrogens is 538 g/mol. The molecule has 2 N–H and O–H groups in total. The molecule has 5 heteroatoms. The molecule has 0 spiro atoms. The minimum atomic E-state index is -0.806. The summed E-state index contributed by atoms with van der Waals surface area (Å²) in [5, 5.41) is 9.96. The first-order valence-corrected chi connectivity index (χ1v) is 15.4. The monoisotopic (exact) mass is 577 g/mol. The fourth-order valence-electron chi connectivity index (χ4n) is 5.65. The first kappa shape index (κ1) is 29.5. The van der Waals surface area contributed by atoms with Crippen molar-refractivity contribution in [1.29, 1.82) is 0 Å². The minimum absolute atomic E-state index is 0.105. The topological polar surface area (TPSA) is 62.3 Å². The van der Waals surface area contributed by atoms with Crippen LogP contribution < -0.4 is 4.74 Å². The summed E-state index contributed by atoms with van der Waals surface area (Å²) < 4.78 is 5.08. The molecule has 1 aromatic heterocycles. The summed E-state index contributed by atoms with van der Waals surface area (Å²) in [7, 11) is 0. The average Bonchev–Trinajstić information content (AvgIpc) is 3.45. The Bertz CT molecular complexity index is 1570. The number of thiol groups is 1. The van der Waals surface area contributed by atoms with Gasteiger partial charge in [0.15, 0.2) is 0 Å². The number of carboxylic acid groups (broad SMARTS) is 1. The number of hydrogen-bond acceptors (Lipinski definition) is 3. The highest BCUT2D eigenvalue weighted by molar-refractivity contribution is 7.81.